The molecule has 0 rings (SSSR count). The maximum Gasteiger partial charge on any atom is 0.306 e. The summed E-state index contributed by atoms with van der Waals surface area (Å²) >= 11 is 0. The van der Waals surface area contributed by atoms with Gasteiger partial charge in [0.05, 0.1) is 0 Å². The molecule has 0 bridgehead atoms. The van der Waals surface area contributed by atoms with Crippen molar-refractivity contribution in [1.29, 1.82) is 0 Å². The Morgan fingerprint density at radius 2 is 0.603 bits per heavy atom. The number of allylic oxidation sites excluding steroid dienone is 14. The molecule has 6 heteroatoms. The van der Waals surface area contributed by atoms with Crippen LogP contribution in [0.25, 0.3) is 0 Å². The van der Waals surface area contributed by atoms with Crippen molar-refractivity contribution in [2.24, 2.45) is 0 Å². The number of rotatable bonds is 46. The standard InChI is InChI=1S/C57H96O6/c1-4-7-10-13-16-19-22-24-26-27-28-29-31-33-36-38-41-44-47-50-56(59)62-53-54(63-57(60)51-48-45-42-39-34-21-18-15-12-9-6-3)52-61-55(58)49-46-43-40-37-35-32-30-25-23-20-17-14-11-8-5-2/h16-17,19-20,24-26,28-30,33,36,41,44,54H,4-15,18,21-23,27,31-32,34-35,37-40,42-43,45-53H2,1-3H3/b19-16-,20-17-,26-24-,29-28-,30-25-,36-33-,44-41-/t54-/m0/s1. The lowest BCUT2D eigenvalue weighted by Gasteiger charge is -2.18. The first-order valence-electron chi connectivity index (χ1n) is 26.1. The van der Waals surface area contributed by atoms with Crippen molar-refractivity contribution in [2.75, 3.05) is 13.2 Å². The molecular formula is C57H96O6. The minimum atomic E-state index is -0.810. The highest BCUT2D eigenvalue weighted by molar-refractivity contribution is 5.71. The summed E-state index contributed by atoms with van der Waals surface area (Å²) in [4.78, 5) is 37.9. The van der Waals surface area contributed by atoms with Crippen LogP contribution in [0, 0.1) is 0 Å². The van der Waals surface area contributed by atoms with Crippen molar-refractivity contribution in [1.82, 2.24) is 0 Å². The Bertz CT molecular complexity index is 1240. The van der Waals surface area contributed by atoms with E-state index in [4.69, 9.17) is 14.2 Å². The van der Waals surface area contributed by atoms with Crippen molar-refractivity contribution >= 4 is 17.9 Å². The van der Waals surface area contributed by atoms with E-state index in [9.17, 15) is 14.4 Å². The quantitative estimate of drug-likeness (QED) is 0.0262. The van der Waals surface area contributed by atoms with Crippen LogP contribution >= 0.6 is 0 Å². The van der Waals surface area contributed by atoms with Gasteiger partial charge in [-0.25, -0.2) is 0 Å². The van der Waals surface area contributed by atoms with Crippen LogP contribution in [-0.2, 0) is 28.6 Å². The normalized spacial score (nSPS) is 12.7. The van der Waals surface area contributed by atoms with Crippen molar-refractivity contribution < 1.29 is 28.6 Å². The van der Waals surface area contributed by atoms with Crippen LogP contribution in [0.15, 0.2) is 85.1 Å². The van der Waals surface area contributed by atoms with Crippen LogP contribution in [0.3, 0.4) is 0 Å². The monoisotopic (exact) mass is 877 g/mol. The summed E-state index contributed by atoms with van der Waals surface area (Å²) in [7, 11) is 0. The van der Waals surface area contributed by atoms with Crippen LogP contribution in [0.2, 0.25) is 0 Å². The Hall–Kier alpha value is -3.41. The maximum atomic E-state index is 12.8. The molecule has 0 heterocycles. The van der Waals surface area contributed by atoms with E-state index in [1.165, 1.54) is 103 Å². The summed E-state index contributed by atoms with van der Waals surface area (Å²) < 4.78 is 16.7. The van der Waals surface area contributed by atoms with Gasteiger partial charge in [-0.3, -0.25) is 14.4 Å². The zero-order valence-corrected chi connectivity index (χ0v) is 41.1. The van der Waals surface area contributed by atoms with Gasteiger partial charge >= 0.3 is 17.9 Å². The largest absolute Gasteiger partial charge is 0.462 e. The number of carbonyl (C=O) groups is 3. The summed E-state index contributed by atoms with van der Waals surface area (Å²) in [5.41, 5.74) is 0. The van der Waals surface area contributed by atoms with Crippen molar-refractivity contribution in [3.05, 3.63) is 85.1 Å². The first-order chi connectivity index (χ1) is 31.0. The van der Waals surface area contributed by atoms with Crippen molar-refractivity contribution in [3.63, 3.8) is 0 Å². The Morgan fingerprint density at radius 1 is 0.317 bits per heavy atom. The lowest BCUT2D eigenvalue weighted by atomic mass is 10.1. The average Bonchev–Trinajstić information content (AvgIpc) is 3.28. The maximum absolute atomic E-state index is 12.8. The predicted octanol–water partition coefficient (Wildman–Crippen LogP) is 17.2. The second kappa shape index (κ2) is 51.2. The van der Waals surface area contributed by atoms with E-state index in [0.29, 0.717) is 19.3 Å². The smallest absolute Gasteiger partial charge is 0.306 e. The molecule has 0 aromatic carbocycles. The van der Waals surface area contributed by atoms with Gasteiger partial charge in [-0.05, 0) is 89.9 Å². The molecule has 360 valence electrons. The first-order valence-corrected chi connectivity index (χ1v) is 26.1. The summed E-state index contributed by atoms with van der Waals surface area (Å²) in [6, 6.07) is 0. The predicted molar refractivity (Wildman–Crippen MR) is 270 cm³/mol. The number of carbonyl (C=O) groups excluding carboxylic acids is 3. The summed E-state index contributed by atoms with van der Waals surface area (Å²) in [6.45, 7) is 6.49. The molecule has 0 saturated heterocycles. The van der Waals surface area contributed by atoms with E-state index in [0.717, 1.165) is 89.9 Å². The topological polar surface area (TPSA) is 78.9 Å². The fraction of sp³-hybridized carbons (Fsp3) is 0.702. The van der Waals surface area contributed by atoms with E-state index in [2.05, 4.69) is 99.8 Å². The minimum Gasteiger partial charge on any atom is -0.462 e. The fourth-order valence-corrected chi connectivity index (χ4v) is 6.92. The molecular weight excluding hydrogens is 781 g/mol. The molecule has 0 aromatic rings. The Morgan fingerprint density at radius 3 is 1.02 bits per heavy atom. The molecule has 0 aromatic heterocycles. The Balaban J connectivity index is 4.49. The molecule has 0 aliphatic carbocycles. The van der Waals surface area contributed by atoms with Crippen LogP contribution in [0.1, 0.15) is 239 Å². The van der Waals surface area contributed by atoms with E-state index < -0.39 is 6.10 Å². The third kappa shape index (κ3) is 49.5. The zero-order chi connectivity index (χ0) is 45.8. The highest BCUT2D eigenvalue weighted by Crippen LogP contribution is 2.14. The molecule has 0 N–H and O–H groups in total. The number of hydrogen-bond donors (Lipinski definition) is 0. The third-order valence-corrected chi connectivity index (χ3v) is 10.9. The van der Waals surface area contributed by atoms with Gasteiger partial charge in [0.15, 0.2) is 6.10 Å². The molecule has 0 saturated carbocycles. The lowest BCUT2D eigenvalue weighted by Crippen LogP contribution is -2.30. The SMILES string of the molecule is CCCCC/C=C\C/C=C\C/C=C\C/C=C\C/C=C\CCC(=O)OC[C@H](COC(=O)CCCCCCC/C=C\C/C=C\CCCCC)OC(=O)CCCCCCCCCCCCC. The van der Waals surface area contributed by atoms with Crippen LogP contribution in [0.5, 0.6) is 0 Å². The molecule has 0 aliphatic heterocycles. The molecule has 63 heavy (non-hydrogen) atoms. The van der Waals surface area contributed by atoms with E-state index in [1.54, 1.807) is 0 Å². The molecule has 0 fully saturated rings. The average molecular weight is 877 g/mol. The van der Waals surface area contributed by atoms with Gasteiger partial charge in [0, 0.05) is 19.3 Å². The Kier molecular flexibility index (Phi) is 48.5. The van der Waals surface area contributed by atoms with Gasteiger partial charge in [-0.2, -0.15) is 0 Å². The zero-order valence-electron chi connectivity index (χ0n) is 41.1. The second-order valence-electron chi connectivity index (χ2n) is 17.1. The van der Waals surface area contributed by atoms with Crippen molar-refractivity contribution in [2.45, 2.75) is 245 Å². The first kappa shape index (κ1) is 59.6. The van der Waals surface area contributed by atoms with Gasteiger partial charge in [-0.15, -0.1) is 0 Å². The molecule has 0 unspecified atom stereocenters. The molecule has 0 aliphatic rings. The van der Waals surface area contributed by atoms with Crippen LogP contribution < -0.4 is 0 Å². The van der Waals surface area contributed by atoms with Gasteiger partial charge in [-0.1, -0.05) is 215 Å². The minimum absolute atomic E-state index is 0.106. The molecule has 0 spiro atoms. The van der Waals surface area contributed by atoms with Gasteiger partial charge in [0.1, 0.15) is 13.2 Å². The number of hydrogen-bond acceptors (Lipinski definition) is 6. The fourth-order valence-electron chi connectivity index (χ4n) is 6.92. The number of ether oxygens (including phenoxy) is 3. The van der Waals surface area contributed by atoms with Gasteiger partial charge in [0.25, 0.3) is 0 Å². The van der Waals surface area contributed by atoms with E-state index >= 15 is 0 Å². The molecule has 0 amide bonds. The highest BCUT2D eigenvalue weighted by Gasteiger charge is 2.19. The highest BCUT2D eigenvalue weighted by atomic mass is 16.6. The number of unbranched alkanes of at least 4 members (excludes halogenated alkanes) is 21. The van der Waals surface area contributed by atoms with Gasteiger partial charge < -0.3 is 14.2 Å². The van der Waals surface area contributed by atoms with Crippen molar-refractivity contribution in [3.8, 4) is 0 Å². The summed E-state index contributed by atoms with van der Waals surface area (Å²) in [6.07, 6.45) is 65.7. The number of esters is 3. The summed E-state index contributed by atoms with van der Waals surface area (Å²) in [5, 5.41) is 0. The third-order valence-electron chi connectivity index (χ3n) is 10.9. The molecule has 0 radical (unpaired) electrons. The van der Waals surface area contributed by atoms with E-state index in [-0.39, 0.29) is 37.5 Å². The van der Waals surface area contributed by atoms with Crippen LogP contribution in [0.4, 0.5) is 0 Å². The summed E-state index contributed by atoms with van der Waals surface area (Å²) in [5.74, 6) is -1.01. The van der Waals surface area contributed by atoms with Crippen LogP contribution in [-0.4, -0.2) is 37.2 Å². The lowest BCUT2D eigenvalue weighted by molar-refractivity contribution is -0.166. The van der Waals surface area contributed by atoms with E-state index in [1.807, 2.05) is 6.08 Å². The second-order valence-corrected chi connectivity index (χ2v) is 17.1. The Labute approximate surface area is 388 Å². The molecule has 1 atom stereocenters. The molecule has 6 nitrogen and oxygen atoms in total. The van der Waals surface area contributed by atoms with Gasteiger partial charge in [0.2, 0.25) is 0 Å².